The Kier molecular flexibility index (Phi) is 8.91. The van der Waals surface area contributed by atoms with E-state index in [9.17, 15) is 0 Å². The van der Waals surface area contributed by atoms with Gasteiger partial charge in [-0.1, -0.05) is 116 Å². The highest BCUT2D eigenvalue weighted by Crippen LogP contribution is 2.44. The minimum absolute atomic E-state index is 0.862. The lowest BCUT2D eigenvalue weighted by Gasteiger charge is -2.16. The Balaban J connectivity index is 0.00000175. The van der Waals surface area contributed by atoms with Gasteiger partial charge in [0.2, 0.25) is 0 Å². The van der Waals surface area contributed by atoms with Crippen LogP contribution < -0.4 is 5.32 Å². The number of hydrogen-bond donors (Lipinski definition) is 1. The van der Waals surface area contributed by atoms with Crippen LogP contribution in [0.3, 0.4) is 0 Å². The van der Waals surface area contributed by atoms with E-state index in [0.29, 0.717) is 0 Å². The molecule has 4 heteroatoms. The number of nitrogens with zero attached hydrogens (tertiary/aromatic N) is 1. The van der Waals surface area contributed by atoms with Crippen LogP contribution in [-0.2, 0) is 13.0 Å². The Bertz CT molecular complexity index is 2050. The zero-order chi connectivity index (χ0) is 31.2. The number of terminal acetylenes is 1. The highest BCUT2D eigenvalue weighted by atomic mass is 32.2. The van der Waals surface area contributed by atoms with Crippen LogP contribution in [0, 0.1) is 12.8 Å². The molecule has 1 N–H and O–H groups in total. The SMILES string of the molecule is C#C.C=CN1Cc2ccc(C/C=C\C=C/C)c(Nc3ccc(-c4ccc(-c5cccc6c5oc5ccccc56)cc4)cc3)c2S1. The number of fused-ring (bicyclic) bond motifs is 4. The van der Waals surface area contributed by atoms with Crippen molar-refractivity contribution in [2.75, 3.05) is 5.32 Å². The largest absolute Gasteiger partial charge is 0.455 e. The Morgan fingerprint density at radius 1 is 0.822 bits per heavy atom. The minimum atomic E-state index is 0.862. The summed E-state index contributed by atoms with van der Waals surface area (Å²) in [4.78, 5) is 1.27. The molecule has 5 aromatic carbocycles. The first-order valence-electron chi connectivity index (χ1n) is 14.9. The number of anilines is 2. The van der Waals surface area contributed by atoms with E-state index < -0.39 is 0 Å². The van der Waals surface area contributed by atoms with Crippen molar-refractivity contribution in [2.24, 2.45) is 0 Å². The number of nitrogens with one attached hydrogen (secondary N) is 1. The van der Waals surface area contributed by atoms with Crippen LogP contribution in [0.5, 0.6) is 0 Å². The van der Waals surface area contributed by atoms with Crippen LogP contribution >= 0.6 is 11.9 Å². The van der Waals surface area contributed by atoms with Gasteiger partial charge in [-0.25, -0.2) is 0 Å². The van der Waals surface area contributed by atoms with Crippen LogP contribution in [-0.4, -0.2) is 4.31 Å². The van der Waals surface area contributed by atoms with Gasteiger partial charge in [0.1, 0.15) is 11.2 Å². The van der Waals surface area contributed by atoms with Gasteiger partial charge in [-0.15, -0.1) is 12.8 Å². The van der Waals surface area contributed by atoms with Gasteiger partial charge in [0.25, 0.3) is 0 Å². The van der Waals surface area contributed by atoms with E-state index >= 15 is 0 Å². The first-order valence-corrected chi connectivity index (χ1v) is 15.7. The van der Waals surface area contributed by atoms with Gasteiger partial charge >= 0.3 is 0 Å². The summed E-state index contributed by atoms with van der Waals surface area (Å²) in [6, 6.07) is 36.6. The second kappa shape index (κ2) is 13.5. The van der Waals surface area contributed by atoms with E-state index in [-0.39, 0.29) is 0 Å². The predicted octanol–water partition coefficient (Wildman–Crippen LogP) is 11.6. The quantitative estimate of drug-likeness (QED) is 0.107. The fourth-order valence-electron chi connectivity index (χ4n) is 5.71. The van der Waals surface area contributed by atoms with Crippen LogP contribution in [0.2, 0.25) is 0 Å². The number of rotatable bonds is 8. The number of benzene rings is 5. The highest BCUT2D eigenvalue weighted by Gasteiger charge is 2.23. The first kappa shape index (κ1) is 29.7. The Labute approximate surface area is 269 Å². The summed E-state index contributed by atoms with van der Waals surface area (Å²) in [5.74, 6) is 0. The topological polar surface area (TPSA) is 28.4 Å². The Hall–Kier alpha value is -5.37. The zero-order valence-electron chi connectivity index (χ0n) is 25.2. The molecule has 0 amide bonds. The third-order valence-electron chi connectivity index (χ3n) is 7.93. The molecule has 2 heterocycles. The van der Waals surface area contributed by atoms with Crippen molar-refractivity contribution in [3.05, 3.63) is 151 Å². The number of para-hydroxylation sites is 2. The molecule has 0 spiro atoms. The molecule has 0 radical (unpaired) electrons. The first-order chi connectivity index (χ1) is 22.2. The molecule has 0 bridgehead atoms. The summed E-state index contributed by atoms with van der Waals surface area (Å²) < 4.78 is 8.45. The fourth-order valence-corrected chi connectivity index (χ4v) is 6.75. The standard InChI is InChI=1S/C39H32N2OS.C2H2/c1-3-5-6-7-11-30-20-21-31-26-41(4-2)43-39(31)37(30)40-32-24-22-28(23-25-32)27-16-18-29(19-17-27)33-13-10-14-35-34-12-8-9-15-36(34)42-38(33)35;1-2/h3-10,12-25,40H,2,11,26H2,1H3;1-2H/b5-3-,7-6-;. The Morgan fingerprint density at radius 2 is 1.53 bits per heavy atom. The molecule has 7 rings (SSSR count). The molecule has 1 aliphatic heterocycles. The molecule has 0 saturated carbocycles. The molecular formula is C41H34N2OS. The normalized spacial score (nSPS) is 12.5. The van der Waals surface area contributed by atoms with Gasteiger partial charge < -0.3 is 14.0 Å². The fraction of sp³-hybridized carbons (Fsp3) is 0.0732. The second-order valence-electron chi connectivity index (χ2n) is 10.7. The molecule has 6 aromatic rings. The van der Waals surface area contributed by atoms with Gasteiger partial charge in [0, 0.05) is 28.2 Å². The van der Waals surface area contributed by atoms with E-state index in [4.69, 9.17) is 4.42 Å². The molecule has 1 aliphatic rings. The lowest BCUT2D eigenvalue weighted by atomic mass is 9.98. The maximum Gasteiger partial charge on any atom is 0.143 e. The van der Waals surface area contributed by atoms with E-state index in [1.807, 2.05) is 31.3 Å². The Morgan fingerprint density at radius 3 is 2.29 bits per heavy atom. The van der Waals surface area contributed by atoms with E-state index in [1.54, 1.807) is 11.9 Å². The monoisotopic (exact) mass is 602 g/mol. The molecule has 0 saturated heterocycles. The number of hydrogen-bond acceptors (Lipinski definition) is 4. The van der Waals surface area contributed by atoms with Crippen molar-refractivity contribution in [2.45, 2.75) is 24.8 Å². The predicted molar refractivity (Wildman–Crippen MR) is 193 cm³/mol. The molecule has 0 atom stereocenters. The van der Waals surface area contributed by atoms with E-state index in [2.05, 4.69) is 138 Å². The molecule has 0 fully saturated rings. The lowest BCUT2D eigenvalue weighted by Crippen LogP contribution is -1.99. The number of furan rings is 1. The lowest BCUT2D eigenvalue weighted by molar-refractivity contribution is 0.639. The molecule has 0 aliphatic carbocycles. The van der Waals surface area contributed by atoms with Crippen molar-refractivity contribution in [1.82, 2.24) is 4.31 Å². The molecule has 3 nitrogen and oxygen atoms in total. The van der Waals surface area contributed by atoms with Gasteiger partial charge in [-0.2, -0.15) is 0 Å². The smallest absolute Gasteiger partial charge is 0.143 e. The molecule has 1 aromatic heterocycles. The summed E-state index contributed by atoms with van der Waals surface area (Å²) in [5.41, 5.74) is 11.3. The van der Waals surface area contributed by atoms with Crippen molar-refractivity contribution in [3.63, 3.8) is 0 Å². The summed E-state index contributed by atoms with van der Waals surface area (Å²) >= 11 is 1.75. The molecular weight excluding hydrogens is 569 g/mol. The second-order valence-corrected chi connectivity index (χ2v) is 11.7. The van der Waals surface area contributed by atoms with E-state index in [1.165, 1.54) is 32.8 Å². The van der Waals surface area contributed by atoms with Crippen molar-refractivity contribution in [1.29, 1.82) is 0 Å². The summed E-state index contributed by atoms with van der Waals surface area (Å²) in [6.07, 6.45) is 19.2. The van der Waals surface area contributed by atoms with Gasteiger partial charge in [-0.3, -0.25) is 0 Å². The maximum atomic E-state index is 6.27. The van der Waals surface area contributed by atoms with Crippen LogP contribution in [0.1, 0.15) is 18.1 Å². The van der Waals surface area contributed by atoms with Gasteiger partial charge in [0.05, 0.1) is 17.1 Å². The van der Waals surface area contributed by atoms with Crippen LogP contribution in [0.4, 0.5) is 11.4 Å². The van der Waals surface area contributed by atoms with Crippen molar-refractivity contribution >= 4 is 45.3 Å². The molecule has 0 unspecified atom stereocenters. The maximum absolute atomic E-state index is 6.27. The third kappa shape index (κ3) is 6.04. The minimum Gasteiger partial charge on any atom is -0.455 e. The third-order valence-corrected chi connectivity index (χ3v) is 9.09. The summed E-state index contributed by atoms with van der Waals surface area (Å²) in [7, 11) is 0. The van der Waals surface area contributed by atoms with Crippen molar-refractivity contribution in [3.8, 4) is 35.1 Å². The average molecular weight is 603 g/mol. The number of allylic oxidation sites excluding steroid dienone is 4. The van der Waals surface area contributed by atoms with E-state index in [0.717, 1.165) is 51.7 Å². The van der Waals surface area contributed by atoms with Gasteiger partial charge in [0.15, 0.2) is 0 Å². The molecule has 45 heavy (non-hydrogen) atoms. The average Bonchev–Trinajstić information content (AvgIpc) is 3.71. The zero-order valence-corrected chi connectivity index (χ0v) is 26.1. The van der Waals surface area contributed by atoms with Crippen molar-refractivity contribution < 1.29 is 4.42 Å². The van der Waals surface area contributed by atoms with Gasteiger partial charge in [-0.05, 0) is 71.3 Å². The summed E-state index contributed by atoms with van der Waals surface area (Å²) in [6.45, 7) is 6.88. The van der Waals surface area contributed by atoms with Crippen LogP contribution in [0.15, 0.2) is 150 Å². The highest BCUT2D eigenvalue weighted by molar-refractivity contribution is 7.97. The molecule has 220 valence electrons. The van der Waals surface area contributed by atoms with Crippen LogP contribution in [0.25, 0.3) is 44.2 Å². The summed E-state index contributed by atoms with van der Waals surface area (Å²) in [5, 5.41) is 6.05.